The summed E-state index contributed by atoms with van der Waals surface area (Å²) in [5.41, 5.74) is 0. The lowest BCUT2D eigenvalue weighted by Crippen LogP contribution is -3.19. The van der Waals surface area contributed by atoms with Crippen LogP contribution < -0.4 is 25.4 Å². The molecule has 3 amide bonds. The van der Waals surface area contributed by atoms with Crippen LogP contribution in [0.3, 0.4) is 0 Å². The highest BCUT2D eigenvalue weighted by Gasteiger charge is 2.33. The standard InChI is InChI=1S/C19H29N5O2/c1-15(18(25)22-19(26)21-16-7-3-2-4-8-16)23-11-13-24(14-12-23)17-9-5-6-10-20-17/h5-6,9-10,15-16H,2-4,7-8,11-14H2,1H3,(H2,21,22,25,26)/p+2/t15-/m1/s1. The molecule has 1 aromatic rings. The Morgan fingerprint density at radius 2 is 1.92 bits per heavy atom. The fourth-order valence-electron chi connectivity index (χ4n) is 3.92. The zero-order valence-corrected chi connectivity index (χ0v) is 15.6. The topological polar surface area (TPSA) is 80.0 Å². The minimum absolute atomic E-state index is 0.187. The monoisotopic (exact) mass is 361 g/mol. The number of carbonyl (C=O) groups is 2. The normalized spacial score (nSPS) is 20.4. The lowest BCUT2D eigenvalue weighted by Gasteiger charge is -2.31. The molecule has 0 spiro atoms. The van der Waals surface area contributed by atoms with Gasteiger partial charge in [0.05, 0.1) is 6.20 Å². The van der Waals surface area contributed by atoms with Crippen molar-refractivity contribution in [1.29, 1.82) is 0 Å². The first kappa shape index (κ1) is 18.6. The molecule has 2 heterocycles. The van der Waals surface area contributed by atoms with E-state index in [4.69, 9.17) is 0 Å². The van der Waals surface area contributed by atoms with E-state index in [1.54, 1.807) is 0 Å². The third-order valence-corrected chi connectivity index (χ3v) is 5.62. The van der Waals surface area contributed by atoms with Gasteiger partial charge >= 0.3 is 6.03 Å². The fourth-order valence-corrected chi connectivity index (χ4v) is 3.92. The lowest BCUT2D eigenvalue weighted by molar-refractivity contribution is -0.914. The van der Waals surface area contributed by atoms with Gasteiger partial charge in [-0.05, 0) is 25.8 Å². The number of hydrogen-bond donors (Lipinski definition) is 3. The molecule has 1 aliphatic heterocycles. The van der Waals surface area contributed by atoms with Crippen molar-refractivity contribution in [2.45, 2.75) is 51.1 Å². The number of aromatic amines is 1. The molecular formula is C19H31N5O2+2. The molecule has 3 rings (SSSR count). The number of piperazine rings is 1. The number of H-pyrrole nitrogens is 1. The van der Waals surface area contributed by atoms with Crippen molar-refractivity contribution in [2.24, 2.45) is 0 Å². The number of amides is 3. The van der Waals surface area contributed by atoms with E-state index < -0.39 is 0 Å². The number of nitrogens with zero attached hydrogens (tertiary/aromatic N) is 1. The smallest absolute Gasteiger partial charge is 0.321 e. The van der Waals surface area contributed by atoms with Crippen LogP contribution in [0, 0.1) is 0 Å². The van der Waals surface area contributed by atoms with Crippen molar-refractivity contribution < 1.29 is 19.5 Å². The number of nitrogens with one attached hydrogen (secondary N) is 4. The van der Waals surface area contributed by atoms with Gasteiger partial charge in [0.25, 0.3) is 11.7 Å². The molecule has 0 bridgehead atoms. The number of rotatable bonds is 4. The molecule has 7 nitrogen and oxygen atoms in total. The number of aromatic nitrogens is 1. The van der Waals surface area contributed by atoms with Crippen molar-refractivity contribution in [3.05, 3.63) is 24.4 Å². The van der Waals surface area contributed by atoms with Crippen molar-refractivity contribution in [3.8, 4) is 0 Å². The number of hydrogen-bond acceptors (Lipinski definition) is 3. The molecule has 0 aromatic carbocycles. The molecule has 1 atom stereocenters. The van der Waals surface area contributed by atoms with Crippen LogP contribution >= 0.6 is 0 Å². The Labute approximate surface area is 155 Å². The maximum atomic E-state index is 12.4. The molecule has 1 aromatic heterocycles. The van der Waals surface area contributed by atoms with E-state index in [9.17, 15) is 9.59 Å². The number of anilines is 1. The minimum Gasteiger partial charge on any atom is -0.335 e. The predicted molar refractivity (Wildman–Crippen MR) is 98.9 cm³/mol. The Kier molecular flexibility index (Phi) is 6.44. The van der Waals surface area contributed by atoms with Gasteiger partial charge in [-0.15, -0.1) is 0 Å². The molecule has 1 saturated heterocycles. The summed E-state index contributed by atoms with van der Waals surface area (Å²) in [6.07, 6.45) is 7.51. The van der Waals surface area contributed by atoms with Crippen LogP contribution in [0.5, 0.6) is 0 Å². The van der Waals surface area contributed by atoms with Gasteiger partial charge in [0, 0.05) is 12.1 Å². The zero-order chi connectivity index (χ0) is 18.4. The maximum absolute atomic E-state index is 12.4. The molecule has 4 N–H and O–H groups in total. The highest BCUT2D eigenvalue weighted by Crippen LogP contribution is 2.17. The van der Waals surface area contributed by atoms with Crippen LogP contribution in [0.4, 0.5) is 10.6 Å². The Balaban J connectivity index is 1.43. The Morgan fingerprint density at radius 3 is 2.58 bits per heavy atom. The van der Waals surface area contributed by atoms with Gasteiger partial charge in [0.2, 0.25) is 0 Å². The average molecular weight is 361 g/mol. The van der Waals surface area contributed by atoms with Gasteiger partial charge < -0.3 is 10.2 Å². The zero-order valence-electron chi connectivity index (χ0n) is 15.6. The highest BCUT2D eigenvalue weighted by atomic mass is 16.2. The molecule has 0 unspecified atom stereocenters. The quantitative estimate of drug-likeness (QED) is 0.692. The molecular weight excluding hydrogens is 330 g/mol. The summed E-state index contributed by atoms with van der Waals surface area (Å²) in [6.45, 7) is 5.44. The Bertz CT molecular complexity index is 595. The summed E-state index contributed by atoms with van der Waals surface area (Å²) in [7, 11) is 0. The lowest BCUT2D eigenvalue weighted by atomic mass is 9.96. The maximum Gasteiger partial charge on any atom is 0.321 e. The van der Waals surface area contributed by atoms with Gasteiger partial charge in [0.1, 0.15) is 26.2 Å². The summed E-state index contributed by atoms with van der Waals surface area (Å²) in [5, 5.41) is 5.48. The number of pyridine rings is 1. The van der Waals surface area contributed by atoms with E-state index >= 15 is 0 Å². The molecule has 1 aliphatic carbocycles. The van der Waals surface area contributed by atoms with Crippen LogP contribution in [0.1, 0.15) is 39.0 Å². The Morgan fingerprint density at radius 1 is 1.19 bits per heavy atom. The number of imide groups is 1. The second-order valence-electron chi connectivity index (χ2n) is 7.41. The SMILES string of the molecule is C[C@H](C(=O)NC(=O)NC1CCCCC1)[NH+]1CCN(c2cccc[nH+]2)CC1. The molecule has 2 aliphatic rings. The first-order valence-corrected chi connectivity index (χ1v) is 9.81. The molecule has 142 valence electrons. The molecule has 7 heteroatoms. The van der Waals surface area contributed by atoms with Gasteiger partial charge in [-0.3, -0.25) is 15.0 Å². The van der Waals surface area contributed by atoms with E-state index in [1.807, 2.05) is 25.3 Å². The second-order valence-corrected chi connectivity index (χ2v) is 7.41. The summed E-state index contributed by atoms with van der Waals surface area (Å²) in [4.78, 5) is 31.3. The number of carbonyl (C=O) groups excluding carboxylic acids is 2. The van der Waals surface area contributed by atoms with Gasteiger partial charge in [-0.1, -0.05) is 25.3 Å². The number of quaternary nitrogens is 1. The van der Waals surface area contributed by atoms with E-state index in [2.05, 4.69) is 26.6 Å². The summed E-state index contributed by atoms with van der Waals surface area (Å²) in [5.74, 6) is 0.920. The molecule has 2 fully saturated rings. The third-order valence-electron chi connectivity index (χ3n) is 5.62. The van der Waals surface area contributed by atoms with Crippen molar-refractivity contribution in [3.63, 3.8) is 0 Å². The fraction of sp³-hybridized carbons (Fsp3) is 0.632. The van der Waals surface area contributed by atoms with E-state index in [1.165, 1.54) is 11.3 Å². The van der Waals surface area contributed by atoms with Crippen molar-refractivity contribution >= 4 is 17.8 Å². The third kappa shape index (κ3) is 4.94. The van der Waals surface area contributed by atoms with Crippen molar-refractivity contribution in [2.75, 3.05) is 31.1 Å². The molecule has 26 heavy (non-hydrogen) atoms. The van der Waals surface area contributed by atoms with Gasteiger partial charge in [0.15, 0.2) is 6.04 Å². The van der Waals surface area contributed by atoms with Crippen molar-refractivity contribution in [1.82, 2.24) is 10.6 Å². The summed E-state index contributed by atoms with van der Waals surface area (Å²) >= 11 is 0. The van der Waals surface area contributed by atoms with Crippen LogP contribution in [0.15, 0.2) is 24.4 Å². The van der Waals surface area contributed by atoms with Gasteiger partial charge in [-0.2, -0.15) is 0 Å². The molecule has 0 radical (unpaired) electrons. The van der Waals surface area contributed by atoms with Crippen LogP contribution in [0.25, 0.3) is 0 Å². The summed E-state index contributed by atoms with van der Waals surface area (Å²) < 4.78 is 0. The van der Waals surface area contributed by atoms with Gasteiger partial charge in [-0.25, -0.2) is 9.78 Å². The first-order valence-electron chi connectivity index (χ1n) is 9.81. The second kappa shape index (κ2) is 8.98. The first-order chi connectivity index (χ1) is 12.6. The Hall–Kier alpha value is -2.15. The summed E-state index contributed by atoms with van der Waals surface area (Å²) in [6, 6.07) is 5.70. The molecule has 1 saturated carbocycles. The average Bonchev–Trinajstić information content (AvgIpc) is 2.69. The van der Waals surface area contributed by atoms with Crippen LogP contribution in [0.2, 0.25) is 0 Å². The van der Waals surface area contributed by atoms with E-state index in [0.29, 0.717) is 0 Å². The predicted octanol–water partition coefficient (Wildman–Crippen LogP) is -0.247. The van der Waals surface area contributed by atoms with E-state index in [-0.39, 0.29) is 24.0 Å². The minimum atomic E-state index is -0.342. The van der Waals surface area contributed by atoms with Crippen LogP contribution in [-0.2, 0) is 4.79 Å². The van der Waals surface area contributed by atoms with E-state index in [0.717, 1.165) is 57.7 Å². The largest absolute Gasteiger partial charge is 0.335 e. The number of urea groups is 1. The highest BCUT2D eigenvalue weighted by molar-refractivity contribution is 5.96. The van der Waals surface area contributed by atoms with Crippen LogP contribution in [-0.4, -0.2) is 50.2 Å².